The highest BCUT2D eigenvalue weighted by Gasteiger charge is 2.28. The van der Waals surface area contributed by atoms with Gasteiger partial charge in [-0.1, -0.05) is 64.6 Å². The van der Waals surface area contributed by atoms with Gasteiger partial charge in [0.1, 0.15) is 6.54 Å². The Labute approximate surface area is 242 Å². The molecule has 11 heteroatoms. The van der Waals surface area contributed by atoms with E-state index in [1.807, 2.05) is 31.4 Å². The Morgan fingerprint density at radius 3 is 2.33 bits per heavy atom. The summed E-state index contributed by atoms with van der Waals surface area (Å²) in [6, 6.07) is 19.9. The van der Waals surface area contributed by atoms with Gasteiger partial charge in [0, 0.05) is 22.0 Å². The quantitative estimate of drug-likeness (QED) is 0.180. The molecule has 0 bridgehead atoms. The zero-order valence-corrected chi connectivity index (χ0v) is 24.4. The Hall–Kier alpha value is -3.30. The number of aromatic nitrogens is 1. The molecule has 1 N–H and O–H groups in total. The average molecular weight is 604 g/mol. The molecule has 3 aromatic carbocycles. The summed E-state index contributed by atoms with van der Waals surface area (Å²) in [6.07, 6.45) is 1.49. The van der Waals surface area contributed by atoms with Crippen LogP contribution in [0.5, 0.6) is 0 Å². The van der Waals surface area contributed by atoms with Gasteiger partial charge in [-0.2, -0.15) is 5.10 Å². The Morgan fingerprint density at radius 1 is 0.949 bits per heavy atom. The summed E-state index contributed by atoms with van der Waals surface area (Å²) in [5, 5.41) is 5.35. The monoisotopic (exact) mass is 602 g/mol. The summed E-state index contributed by atoms with van der Waals surface area (Å²) < 4.78 is 30.0. The number of hydrogen-bond donors (Lipinski definition) is 1. The van der Waals surface area contributed by atoms with E-state index in [1.165, 1.54) is 18.3 Å². The fourth-order valence-electron chi connectivity index (χ4n) is 4.08. The van der Waals surface area contributed by atoms with Crippen molar-refractivity contribution in [1.82, 2.24) is 9.99 Å². The fourth-order valence-corrected chi connectivity index (χ4v) is 6.17. The molecular weight excluding hydrogens is 579 g/mol. The predicted molar refractivity (Wildman–Crippen MR) is 158 cm³/mol. The zero-order valence-electron chi connectivity index (χ0n) is 21.3. The lowest BCUT2D eigenvalue weighted by atomic mass is 10.2. The number of anilines is 1. The number of nitrogens with zero attached hydrogens (tertiary/aromatic N) is 3. The number of aryl methyl sites for hydroxylation is 2. The van der Waals surface area contributed by atoms with Crippen molar-refractivity contribution in [2.45, 2.75) is 25.7 Å². The minimum absolute atomic E-state index is 0.0384. The molecular formula is C28H25Cl3N4O3S. The number of carbonyl (C=O) groups excluding carboxylic acids is 1. The summed E-state index contributed by atoms with van der Waals surface area (Å²) in [5.41, 5.74) is 6.68. The summed E-state index contributed by atoms with van der Waals surface area (Å²) in [6.45, 7) is 5.13. The lowest BCUT2D eigenvalue weighted by Crippen LogP contribution is -2.39. The predicted octanol–water partition coefficient (Wildman–Crippen LogP) is 6.71. The molecule has 4 aromatic rings. The average Bonchev–Trinajstić information content (AvgIpc) is 3.17. The van der Waals surface area contributed by atoms with Crippen LogP contribution >= 0.6 is 34.8 Å². The van der Waals surface area contributed by atoms with Crippen LogP contribution in [0.1, 0.15) is 22.5 Å². The molecule has 1 aromatic heterocycles. The van der Waals surface area contributed by atoms with Gasteiger partial charge in [-0.25, -0.2) is 13.8 Å². The highest BCUT2D eigenvalue weighted by molar-refractivity contribution is 7.92. The Morgan fingerprint density at radius 2 is 1.64 bits per heavy atom. The molecule has 7 nitrogen and oxygen atoms in total. The topological polar surface area (TPSA) is 83.8 Å². The SMILES string of the molecule is Cc1ccc(S(=O)(=O)N(CC(=O)N/N=C\c2cc(C)n(-c3cc(Cl)ccc3Cl)c2C)c2ccccc2Cl)cc1. The van der Waals surface area contributed by atoms with E-state index in [0.29, 0.717) is 10.0 Å². The van der Waals surface area contributed by atoms with E-state index in [1.54, 1.807) is 54.6 Å². The van der Waals surface area contributed by atoms with E-state index >= 15 is 0 Å². The van der Waals surface area contributed by atoms with Crippen molar-refractivity contribution < 1.29 is 13.2 Å². The lowest BCUT2D eigenvalue weighted by molar-refractivity contribution is -0.119. The molecule has 1 heterocycles. The van der Waals surface area contributed by atoms with Gasteiger partial charge in [0.25, 0.3) is 15.9 Å². The van der Waals surface area contributed by atoms with Crippen molar-refractivity contribution >= 4 is 62.6 Å². The molecule has 39 heavy (non-hydrogen) atoms. The highest BCUT2D eigenvalue weighted by Crippen LogP contribution is 2.31. The van der Waals surface area contributed by atoms with Gasteiger partial charge >= 0.3 is 0 Å². The van der Waals surface area contributed by atoms with E-state index in [2.05, 4.69) is 10.5 Å². The normalized spacial score (nSPS) is 11.6. The molecule has 4 rings (SSSR count). The number of carbonyl (C=O) groups is 1. The third kappa shape index (κ3) is 6.31. The largest absolute Gasteiger partial charge is 0.316 e. The van der Waals surface area contributed by atoms with Crippen LogP contribution in [0, 0.1) is 20.8 Å². The maximum Gasteiger partial charge on any atom is 0.264 e. The van der Waals surface area contributed by atoms with Gasteiger partial charge < -0.3 is 4.57 Å². The first-order chi connectivity index (χ1) is 18.5. The van der Waals surface area contributed by atoms with Crippen LogP contribution in [0.3, 0.4) is 0 Å². The van der Waals surface area contributed by atoms with Crippen molar-refractivity contribution in [3.8, 4) is 5.69 Å². The van der Waals surface area contributed by atoms with E-state index in [-0.39, 0.29) is 15.6 Å². The van der Waals surface area contributed by atoms with E-state index in [4.69, 9.17) is 34.8 Å². The maximum atomic E-state index is 13.5. The number of halogens is 3. The van der Waals surface area contributed by atoms with Crippen LogP contribution in [0.25, 0.3) is 5.69 Å². The third-order valence-corrected chi connectivity index (χ3v) is 8.68. The second-order valence-corrected chi connectivity index (χ2v) is 11.9. The number of sulfonamides is 1. The van der Waals surface area contributed by atoms with Crippen LogP contribution in [0.2, 0.25) is 15.1 Å². The van der Waals surface area contributed by atoms with Crippen LogP contribution < -0.4 is 9.73 Å². The van der Waals surface area contributed by atoms with Gasteiger partial charge in [0.15, 0.2) is 0 Å². The second-order valence-electron chi connectivity index (χ2n) is 8.83. The van der Waals surface area contributed by atoms with E-state index in [9.17, 15) is 13.2 Å². The third-order valence-electron chi connectivity index (χ3n) is 6.03. The highest BCUT2D eigenvalue weighted by atomic mass is 35.5. The number of hydrazone groups is 1. The summed E-state index contributed by atoms with van der Waals surface area (Å²) >= 11 is 18.9. The number of para-hydroxylation sites is 1. The smallest absolute Gasteiger partial charge is 0.264 e. The van der Waals surface area contributed by atoms with Crippen LogP contribution in [0.15, 0.2) is 82.8 Å². The standard InChI is InChI=1S/C28H25Cl3N4O3S/c1-18-8-11-23(12-9-18)39(37,38)34(26-7-5-4-6-24(26)30)17-28(36)33-32-16-21-14-19(2)35(20(21)3)27-15-22(29)10-13-25(27)31/h4-16H,17H2,1-3H3,(H,33,36)/b32-16-. The Bertz CT molecular complexity index is 1670. The molecule has 0 aliphatic carbocycles. The van der Waals surface area contributed by atoms with Gasteiger partial charge in [0.05, 0.1) is 32.5 Å². The van der Waals surface area contributed by atoms with Gasteiger partial charge in [0.2, 0.25) is 0 Å². The molecule has 0 aliphatic rings. The first-order valence-corrected chi connectivity index (χ1v) is 14.4. The zero-order chi connectivity index (χ0) is 28.3. The molecule has 0 radical (unpaired) electrons. The van der Waals surface area contributed by atoms with Crippen molar-refractivity contribution in [2.24, 2.45) is 5.10 Å². The van der Waals surface area contributed by atoms with Crippen LogP contribution in [-0.4, -0.2) is 31.7 Å². The molecule has 0 fully saturated rings. The fraction of sp³-hybridized carbons (Fsp3) is 0.143. The number of hydrogen-bond acceptors (Lipinski definition) is 4. The van der Waals surface area contributed by atoms with Crippen molar-refractivity contribution in [1.29, 1.82) is 0 Å². The maximum absolute atomic E-state index is 13.5. The molecule has 0 spiro atoms. The summed E-state index contributed by atoms with van der Waals surface area (Å²) in [4.78, 5) is 12.9. The Balaban J connectivity index is 1.57. The van der Waals surface area contributed by atoms with Crippen LogP contribution in [0.4, 0.5) is 5.69 Å². The molecule has 0 unspecified atom stereocenters. The van der Waals surface area contributed by atoms with Gasteiger partial charge in [-0.05, 0) is 69.3 Å². The molecule has 202 valence electrons. The van der Waals surface area contributed by atoms with Crippen molar-refractivity contribution in [3.05, 3.63) is 110 Å². The second kappa shape index (κ2) is 11.8. The molecule has 0 aliphatic heterocycles. The summed E-state index contributed by atoms with van der Waals surface area (Å²) in [7, 11) is -4.10. The first-order valence-electron chi connectivity index (χ1n) is 11.8. The molecule has 0 saturated carbocycles. The van der Waals surface area contributed by atoms with Crippen LogP contribution in [-0.2, 0) is 14.8 Å². The Kier molecular flexibility index (Phi) is 8.71. The minimum Gasteiger partial charge on any atom is -0.316 e. The van der Waals surface area contributed by atoms with Crippen molar-refractivity contribution in [2.75, 3.05) is 10.8 Å². The number of amides is 1. The van der Waals surface area contributed by atoms with E-state index < -0.39 is 22.5 Å². The van der Waals surface area contributed by atoms with Gasteiger partial charge in [-0.3, -0.25) is 9.10 Å². The molecule has 0 atom stereocenters. The number of benzene rings is 3. The lowest BCUT2D eigenvalue weighted by Gasteiger charge is -2.24. The number of rotatable bonds is 8. The summed E-state index contributed by atoms with van der Waals surface area (Å²) in [5.74, 6) is -0.645. The molecule has 1 amide bonds. The van der Waals surface area contributed by atoms with E-state index in [0.717, 1.165) is 32.5 Å². The number of nitrogens with one attached hydrogen (secondary N) is 1. The van der Waals surface area contributed by atoms with Gasteiger partial charge in [-0.15, -0.1) is 0 Å². The first kappa shape index (κ1) is 28.7. The molecule has 0 saturated heterocycles. The van der Waals surface area contributed by atoms with Crippen molar-refractivity contribution in [3.63, 3.8) is 0 Å². The minimum atomic E-state index is -4.10.